The number of benzene rings is 5. The van der Waals surface area contributed by atoms with Gasteiger partial charge in [-0.05, 0) is 36.1 Å². The van der Waals surface area contributed by atoms with E-state index in [9.17, 15) is 0 Å². The summed E-state index contributed by atoms with van der Waals surface area (Å²) in [5.41, 5.74) is 13.9. The number of rotatable bonds is 7. The zero-order valence-electron chi connectivity index (χ0n) is 27.1. The topological polar surface area (TPSA) is 51.6 Å². The second-order valence-electron chi connectivity index (χ2n) is 12.0. The summed E-state index contributed by atoms with van der Waals surface area (Å²) in [6, 6.07) is 50.6. The van der Waals surface area contributed by atoms with Crippen LogP contribution < -0.4 is 0 Å². The van der Waals surface area contributed by atoms with Crippen LogP contribution in [0.3, 0.4) is 0 Å². The van der Waals surface area contributed by atoms with E-state index in [-0.39, 0.29) is 0 Å². The Morgan fingerprint density at radius 3 is 1.31 bits per heavy atom. The lowest BCUT2D eigenvalue weighted by molar-refractivity contribution is 1.05. The Kier molecular flexibility index (Phi) is 7.75. The highest BCUT2D eigenvalue weighted by molar-refractivity contribution is 6.08. The van der Waals surface area contributed by atoms with Crippen LogP contribution in [-0.4, -0.2) is 19.9 Å². The van der Waals surface area contributed by atoms with Crippen LogP contribution in [0.15, 0.2) is 146 Å². The first-order valence-electron chi connectivity index (χ1n) is 16.6. The van der Waals surface area contributed by atoms with Crippen molar-refractivity contribution >= 4 is 21.8 Å². The third-order valence-electron chi connectivity index (χ3n) is 8.98. The molecule has 0 bridgehead atoms. The van der Waals surface area contributed by atoms with E-state index < -0.39 is 0 Å². The molecule has 0 spiro atoms. The second kappa shape index (κ2) is 12.7. The first-order valence-corrected chi connectivity index (χ1v) is 16.6. The Morgan fingerprint density at radius 2 is 0.812 bits per heavy atom. The van der Waals surface area contributed by atoms with Gasteiger partial charge < -0.3 is 0 Å². The van der Waals surface area contributed by atoms with Crippen LogP contribution in [0, 0.1) is 0 Å². The van der Waals surface area contributed by atoms with E-state index in [1.54, 1.807) is 0 Å². The lowest BCUT2D eigenvalue weighted by Gasteiger charge is -2.16. The zero-order valence-corrected chi connectivity index (χ0v) is 27.1. The summed E-state index contributed by atoms with van der Waals surface area (Å²) >= 11 is 0. The van der Waals surface area contributed by atoms with E-state index in [0.29, 0.717) is 0 Å². The van der Waals surface area contributed by atoms with Gasteiger partial charge in [0, 0.05) is 44.4 Å². The Bertz CT molecular complexity index is 2390. The summed E-state index contributed by atoms with van der Waals surface area (Å²) in [7, 11) is 0. The van der Waals surface area contributed by atoms with E-state index >= 15 is 0 Å². The molecule has 0 radical (unpaired) electrons. The minimum absolute atomic E-state index is 0.844. The number of fused-ring (bicyclic) bond motifs is 3. The van der Waals surface area contributed by atoms with Crippen molar-refractivity contribution < 1.29 is 0 Å². The molecule has 0 fully saturated rings. The summed E-state index contributed by atoms with van der Waals surface area (Å²) in [4.78, 5) is 20.9. The molecule has 230 valence electrons. The quantitative estimate of drug-likeness (QED) is 0.167. The van der Waals surface area contributed by atoms with Gasteiger partial charge in [0.25, 0.3) is 0 Å². The molecule has 0 aliphatic rings. The fraction of sp³-hybridized carbons (Fsp3) is 0.0909. The van der Waals surface area contributed by atoms with E-state index in [1.807, 2.05) is 18.2 Å². The lowest BCUT2D eigenvalue weighted by Crippen LogP contribution is -2.01. The van der Waals surface area contributed by atoms with Crippen LogP contribution in [0.2, 0.25) is 0 Å². The van der Waals surface area contributed by atoms with Gasteiger partial charge in [-0.3, -0.25) is 9.97 Å². The standard InChI is InChI=1S/C44H34N4/c1-3-35-26-24-34-25-27-37-38(28-36(4-2)46-44(37)43(34)45-35)29-20-22-33(23-21-29)42-41(32-18-12-7-13-19-32)47-39(30-14-8-5-9-15-30)40(48-42)31-16-10-6-11-17-31/h5-28H,3-4H2,1-2H3. The first-order chi connectivity index (χ1) is 23.7. The predicted octanol–water partition coefficient (Wildman–Crippen LogP) is 11.0. The summed E-state index contributed by atoms with van der Waals surface area (Å²) < 4.78 is 0. The van der Waals surface area contributed by atoms with E-state index in [4.69, 9.17) is 19.9 Å². The average molecular weight is 619 g/mol. The molecule has 4 heteroatoms. The van der Waals surface area contributed by atoms with E-state index in [1.165, 1.54) is 0 Å². The van der Waals surface area contributed by atoms with Gasteiger partial charge in [-0.25, -0.2) is 9.97 Å². The Morgan fingerprint density at radius 1 is 0.375 bits per heavy atom. The van der Waals surface area contributed by atoms with Gasteiger partial charge in [0.2, 0.25) is 0 Å². The SMILES string of the molecule is CCc1ccc2ccc3c(-c4ccc(-c5nc(-c6ccccc6)c(-c6ccccc6)nc5-c5ccccc5)cc4)cc(CC)nc3c2n1. The monoisotopic (exact) mass is 618 g/mol. The Hall–Kier alpha value is -6.00. The molecule has 5 aromatic carbocycles. The molecule has 3 heterocycles. The molecule has 0 saturated heterocycles. The van der Waals surface area contributed by atoms with Crippen LogP contribution in [0.4, 0.5) is 0 Å². The minimum Gasteiger partial charge on any atom is -0.251 e. The Balaban J connectivity index is 1.32. The number of nitrogens with zero attached hydrogens (tertiary/aromatic N) is 4. The molecule has 0 N–H and O–H groups in total. The van der Waals surface area contributed by atoms with Crippen LogP contribution in [0.25, 0.3) is 78.0 Å². The van der Waals surface area contributed by atoms with Crippen LogP contribution in [0.5, 0.6) is 0 Å². The normalized spacial score (nSPS) is 11.3. The van der Waals surface area contributed by atoms with Crippen LogP contribution in [0.1, 0.15) is 25.2 Å². The van der Waals surface area contributed by atoms with Crippen molar-refractivity contribution in [3.05, 3.63) is 157 Å². The van der Waals surface area contributed by atoms with Gasteiger partial charge in [0.15, 0.2) is 0 Å². The van der Waals surface area contributed by atoms with Crippen molar-refractivity contribution in [2.45, 2.75) is 26.7 Å². The maximum absolute atomic E-state index is 5.42. The van der Waals surface area contributed by atoms with E-state index in [0.717, 1.165) is 102 Å². The molecule has 4 nitrogen and oxygen atoms in total. The largest absolute Gasteiger partial charge is 0.251 e. The summed E-state index contributed by atoms with van der Waals surface area (Å²) in [6.45, 7) is 4.30. The maximum atomic E-state index is 5.42. The minimum atomic E-state index is 0.844. The van der Waals surface area contributed by atoms with Crippen LogP contribution >= 0.6 is 0 Å². The molecule has 0 amide bonds. The molecular formula is C44H34N4. The number of pyridine rings is 2. The second-order valence-corrected chi connectivity index (χ2v) is 12.0. The maximum Gasteiger partial charge on any atom is 0.0974 e. The molecule has 0 saturated carbocycles. The van der Waals surface area contributed by atoms with E-state index in [2.05, 4.69) is 141 Å². The number of aryl methyl sites for hydroxylation is 2. The molecule has 0 unspecified atom stereocenters. The number of hydrogen-bond acceptors (Lipinski definition) is 4. The van der Waals surface area contributed by atoms with Gasteiger partial charge >= 0.3 is 0 Å². The van der Waals surface area contributed by atoms with Crippen molar-refractivity contribution in [3.8, 4) is 56.2 Å². The molecule has 0 atom stereocenters. The Labute approximate surface area is 280 Å². The summed E-state index contributed by atoms with van der Waals surface area (Å²) in [5.74, 6) is 0. The van der Waals surface area contributed by atoms with Crippen molar-refractivity contribution in [1.82, 2.24) is 19.9 Å². The van der Waals surface area contributed by atoms with Gasteiger partial charge in [0.05, 0.1) is 33.8 Å². The molecule has 0 aliphatic heterocycles. The number of aromatic nitrogens is 4. The number of hydrogen-bond donors (Lipinski definition) is 0. The lowest BCUT2D eigenvalue weighted by atomic mass is 9.95. The van der Waals surface area contributed by atoms with Gasteiger partial charge in [-0.2, -0.15) is 0 Å². The van der Waals surface area contributed by atoms with Crippen molar-refractivity contribution in [3.63, 3.8) is 0 Å². The molecule has 8 rings (SSSR count). The van der Waals surface area contributed by atoms with Crippen molar-refractivity contribution in [2.75, 3.05) is 0 Å². The fourth-order valence-electron chi connectivity index (χ4n) is 6.42. The third kappa shape index (κ3) is 5.41. The summed E-state index contributed by atoms with van der Waals surface area (Å²) in [6.07, 6.45) is 1.73. The van der Waals surface area contributed by atoms with Gasteiger partial charge in [-0.1, -0.05) is 147 Å². The smallest absolute Gasteiger partial charge is 0.0974 e. The highest BCUT2D eigenvalue weighted by atomic mass is 14.9. The molecule has 8 aromatic rings. The highest BCUT2D eigenvalue weighted by Crippen LogP contribution is 2.39. The molecular weight excluding hydrogens is 585 g/mol. The summed E-state index contributed by atoms with van der Waals surface area (Å²) in [5, 5.41) is 2.22. The van der Waals surface area contributed by atoms with Crippen molar-refractivity contribution in [2.24, 2.45) is 0 Å². The average Bonchev–Trinajstić information content (AvgIpc) is 3.17. The highest BCUT2D eigenvalue weighted by Gasteiger charge is 2.20. The third-order valence-corrected chi connectivity index (χ3v) is 8.98. The van der Waals surface area contributed by atoms with Gasteiger partial charge in [0.1, 0.15) is 0 Å². The molecule has 3 aromatic heterocycles. The molecule has 0 aliphatic carbocycles. The first kappa shape index (κ1) is 29.4. The zero-order chi connectivity index (χ0) is 32.5. The van der Waals surface area contributed by atoms with Gasteiger partial charge in [-0.15, -0.1) is 0 Å². The van der Waals surface area contributed by atoms with Crippen LogP contribution in [-0.2, 0) is 12.8 Å². The van der Waals surface area contributed by atoms with Crippen molar-refractivity contribution in [1.29, 1.82) is 0 Å². The fourth-order valence-corrected chi connectivity index (χ4v) is 6.42. The molecule has 48 heavy (non-hydrogen) atoms. The predicted molar refractivity (Wildman–Crippen MR) is 199 cm³/mol.